The molecule has 2 rings (SSSR count). The normalized spacial score (nSPS) is 12.3. The van der Waals surface area contributed by atoms with Gasteiger partial charge in [0, 0.05) is 6.42 Å². The van der Waals surface area contributed by atoms with Crippen molar-refractivity contribution in [1.82, 2.24) is 5.32 Å². The number of amides is 1. The number of nitrogens with one attached hydrogen (secondary N) is 1. The molecule has 0 aliphatic rings. The predicted octanol–water partition coefficient (Wildman–Crippen LogP) is 3.61. The van der Waals surface area contributed by atoms with Gasteiger partial charge in [-0.1, -0.05) is 60.7 Å². The van der Waals surface area contributed by atoms with Crippen LogP contribution < -0.4 is 5.32 Å². The highest BCUT2D eigenvalue weighted by molar-refractivity contribution is 7.38. The first-order chi connectivity index (χ1) is 11.1. The van der Waals surface area contributed by atoms with E-state index in [1.54, 1.807) is 0 Å². The molecule has 0 aliphatic heterocycles. The summed E-state index contributed by atoms with van der Waals surface area (Å²) in [6.45, 7) is 0.125. The summed E-state index contributed by atoms with van der Waals surface area (Å²) < 4.78 is 16.5. The average Bonchev–Trinajstić information content (AvgIpc) is 2.58. The number of benzene rings is 2. The Labute approximate surface area is 136 Å². The molecule has 2 N–H and O–H groups in total. The molecule has 6 heteroatoms. The van der Waals surface area contributed by atoms with Crippen LogP contribution in [0.1, 0.15) is 17.5 Å². The van der Waals surface area contributed by atoms with Gasteiger partial charge in [0.05, 0.1) is 0 Å². The largest absolute Gasteiger partial charge is 0.530 e. The molecule has 120 valence electrons. The molecule has 5 nitrogen and oxygen atoms in total. The quantitative estimate of drug-likeness (QED) is 0.760. The van der Waals surface area contributed by atoms with Gasteiger partial charge in [-0.15, -0.1) is 0 Å². The molecule has 0 spiro atoms. The summed E-state index contributed by atoms with van der Waals surface area (Å²) in [4.78, 5) is 21.1. The highest BCUT2D eigenvalue weighted by atomic mass is 31.1. The smallest absolute Gasteiger partial charge is 0.445 e. The molecule has 2 aromatic rings. The second-order valence-electron chi connectivity index (χ2n) is 5.05. The predicted molar refractivity (Wildman–Crippen MR) is 88.1 cm³/mol. The Kier molecular flexibility index (Phi) is 6.73. The molecule has 0 saturated carbocycles. The van der Waals surface area contributed by atoms with E-state index in [1.807, 2.05) is 60.7 Å². The topological polar surface area (TPSA) is 75.6 Å². The SMILES string of the molecule is O=C(N[C@H](CCc1ccccc1)[P+](=O)O)OCc1ccccc1. The lowest BCUT2D eigenvalue weighted by atomic mass is 10.1. The molecule has 2 atom stereocenters. The summed E-state index contributed by atoms with van der Waals surface area (Å²) in [7, 11) is -2.52. The number of alkyl carbamates (subject to hydrolysis) is 1. The summed E-state index contributed by atoms with van der Waals surface area (Å²) in [6, 6.07) is 18.9. The van der Waals surface area contributed by atoms with Crippen LogP contribution in [0.5, 0.6) is 0 Å². The zero-order chi connectivity index (χ0) is 16.5. The first kappa shape index (κ1) is 17.1. The number of ether oxygens (including phenoxy) is 1. The zero-order valence-corrected chi connectivity index (χ0v) is 13.5. The molecule has 0 heterocycles. The fraction of sp³-hybridized carbons (Fsp3) is 0.235. The van der Waals surface area contributed by atoms with Crippen LogP contribution in [-0.4, -0.2) is 16.8 Å². The van der Waals surface area contributed by atoms with Gasteiger partial charge in [-0.2, -0.15) is 4.89 Å². The minimum Gasteiger partial charge on any atom is -0.445 e. The minimum absolute atomic E-state index is 0.125. The van der Waals surface area contributed by atoms with Gasteiger partial charge in [0.15, 0.2) is 0 Å². The maximum absolute atomic E-state index is 11.8. The van der Waals surface area contributed by atoms with Crippen LogP contribution in [0.4, 0.5) is 4.79 Å². The molecule has 0 bridgehead atoms. The molecule has 0 fully saturated rings. The Morgan fingerprint density at radius 2 is 1.61 bits per heavy atom. The Morgan fingerprint density at radius 1 is 1.04 bits per heavy atom. The molecule has 0 saturated heterocycles. The number of carbonyl (C=O) groups excluding carboxylic acids is 1. The van der Waals surface area contributed by atoms with E-state index >= 15 is 0 Å². The van der Waals surface area contributed by atoms with Crippen molar-refractivity contribution in [2.45, 2.75) is 25.2 Å². The summed E-state index contributed by atoms with van der Waals surface area (Å²) in [5.74, 6) is -0.825. The minimum atomic E-state index is -2.52. The average molecular weight is 332 g/mol. The summed E-state index contributed by atoms with van der Waals surface area (Å²) in [6.07, 6.45) is 0.284. The highest BCUT2D eigenvalue weighted by Gasteiger charge is 2.30. The first-order valence-electron chi connectivity index (χ1n) is 7.31. The molecule has 2 aromatic carbocycles. The van der Waals surface area contributed by atoms with Crippen LogP contribution in [0, 0.1) is 0 Å². The lowest BCUT2D eigenvalue weighted by Crippen LogP contribution is -2.33. The Balaban J connectivity index is 1.81. The van der Waals surface area contributed by atoms with Crippen LogP contribution >= 0.6 is 8.03 Å². The number of hydrogen-bond donors (Lipinski definition) is 2. The number of aryl methyl sites for hydroxylation is 1. The van der Waals surface area contributed by atoms with Crippen molar-refractivity contribution in [2.75, 3.05) is 0 Å². The van der Waals surface area contributed by atoms with E-state index in [9.17, 15) is 14.3 Å². The monoisotopic (exact) mass is 332 g/mol. The Hall–Kier alpha value is -2.23. The van der Waals surface area contributed by atoms with E-state index in [1.165, 1.54) is 0 Å². The third-order valence-electron chi connectivity index (χ3n) is 3.31. The van der Waals surface area contributed by atoms with Crippen LogP contribution in [0.15, 0.2) is 60.7 Å². The van der Waals surface area contributed by atoms with E-state index < -0.39 is 19.9 Å². The third kappa shape index (κ3) is 6.19. The molecule has 0 radical (unpaired) electrons. The lowest BCUT2D eigenvalue weighted by molar-refractivity contribution is 0.137. The lowest BCUT2D eigenvalue weighted by Gasteiger charge is -2.09. The maximum atomic E-state index is 11.8. The molecule has 1 unspecified atom stereocenters. The van der Waals surface area contributed by atoms with Gasteiger partial charge in [0.2, 0.25) is 0 Å². The van der Waals surface area contributed by atoms with Gasteiger partial charge in [-0.05, 0) is 22.1 Å². The highest BCUT2D eigenvalue weighted by Crippen LogP contribution is 2.24. The van der Waals surface area contributed by atoms with Crippen LogP contribution in [0.2, 0.25) is 0 Å². The van der Waals surface area contributed by atoms with Gasteiger partial charge < -0.3 is 4.74 Å². The van der Waals surface area contributed by atoms with Gasteiger partial charge in [-0.3, -0.25) is 5.32 Å². The standard InChI is InChI=1S/C17H18NO4P/c19-17(22-13-15-9-5-2-6-10-15)18-16(23(20)21)12-11-14-7-3-1-4-8-14/h1-10,16H,11-13H2,(H-,18,19,20,21)/p+1/t16-/m0/s1. The first-order valence-corrected chi connectivity index (χ1v) is 8.59. The van der Waals surface area contributed by atoms with Crippen LogP contribution in [0.3, 0.4) is 0 Å². The molecule has 23 heavy (non-hydrogen) atoms. The van der Waals surface area contributed by atoms with Gasteiger partial charge in [-0.25, -0.2) is 4.79 Å². The van der Waals surface area contributed by atoms with Gasteiger partial charge >= 0.3 is 14.1 Å². The Bertz CT molecular complexity index is 634. The third-order valence-corrected chi connectivity index (χ3v) is 4.23. The van der Waals surface area contributed by atoms with Gasteiger partial charge in [0.1, 0.15) is 6.61 Å². The van der Waals surface area contributed by atoms with Crippen molar-refractivity contribution < 1.29 is 19.0 Å². The molecular weight excluding hydrogens is 313 g/mol. The molecule has 0 aliphatic carbocycles. The van der Waals surface area contributed by atoms with E-state index in [0.717, 1.165) is 11.1 Å². The van der Waals surface area contributed by atoms with Crippen LogP contribution in [-0.2, 0) is 22.3 Å². The van der Waals surface area contributed by atoms with E-state index in [0.29, 0.717) is 12.8 Å². The van der Waals surface area contributed by atoms with Crippen molar-refractivity contribution in [3.63, 3.8) is 0 Å². The fourth-order valence-corrected chi connectivity index (χ4v) is 2.65. The van der Waals surface area contributed by atoms with E-state index in [-0.39, 0.29) is 6.61 Å². The van der Waals surface area contributed by atoms with Crippen LogP contribution in [0.25, 0.3) is 0 Å². The number of carbonyl (C=O) groups is 1. The second kappa shape index (κ2) is 9.03. The number of hydrogen-bond acceptors (Lipinski definition) is 3. The second-order valence-corrected chi connectivity index (χ2v) is 6.28. The molecular formula is C17H19NO4P+. The van der Waals surface area contributed by atoms with Gasteiger partial charge in [0.25, 0.3) is 5.78 Å². The van der Waals surface area contributed by atoms with Crippen molar-refractivity contribution >= 4 is 14.1 Å². The maximum Gasteiger partial charge on any atom is 0.530 e. The fourth-order valence-electron chi connectivity index (χ4n) is 2.09. The van der Waals surface area contributed by atoms with E-state index in [2.05, 4.69) is 5.32 Å². The molecule has 0 aromatic heterocycles. The zero-order valence-electron chi connectivity index (χ0n) is 12.6. The van der Waals surface area contributed by atoms with E-state index in [4.69, 9.17) is 4.74 Å². The molecule has 1 amide bonds. The van der Waals surface area contributed by atoms with Crippen molar-refractivity contribution in [2.24, 2.45) is 0 Å². The van der Waals surface area contributed by atoms with Crippen molar-refractivity contribution in [3.05, 3.63) is 71.8 Å². The summed E-state index contributed by atoms with van der Waals surface area (Å²) >= 11 is 0. The summed E-state index contributed by atoms with van der Waals surface area (Å²) in [5.41, 5.74) is 1.91. The van der Waals surface area contributed by atoms with Crippen molar-refractivity contribution in [3.8, 4) is 0 Å². The number of rotatable bonds is 7. The Morgan fingerprint density at radius 3 is 2.17 bits per heavy atom. The summed E-state index contributed by atoms with van der Waals surface area (Å²) in [5, 5.41) is 2.46. The van der Waals surface area contributed by atoms with Crippen molar-refractivity contribution in [1.29, 1.82) is 0 Å².